The summed E-state index contributed by atoms with van der Waals surface area (Å²) in [7, 11) is 0. The average Bonchev–Trinajstić information content (AvgIpc) is 2.93. The van der Waals surface area contributed by atoms with Gasteiger partial charge in [-0.1, -0.05) is 0 Å². The minimum Gasteiger partial charge on any atom is -0.462 e. The van der Waals surface area contributed by atoms with Crippen molar-refractivity contribution in [3.63, 3.8) is 0 Å². The van der Waals surface area contributed by atoms with E-state index in [1.807, 2.05) is 0 Å². The molecule has 146 valence electrons. The van der Waals surface area contributed by atoms with Gasteiger partial charge in [-0.05, 0) is 64.2 Å². The van der Waals surface area contributed by atoms with Crippen LogP contribution < -0.4 is 0 Å². The molecule has 0 aromatic heterocycles. The Morgan fingerprint density at radius 2 is 1.52 bits per heavy atom. The van der Waals surface area contributed by atoms with E-state index in [-0.39, 0.29) is 12.3 Å². The quantitative estimate of drug-likeness (QED) is 0.592. The van der Waals surface area contributed by atoms with Gasteiger partial charge in [-0.25, -0.2) is 0 Å². The minimum atomic E-state index is -5.81. The molecule has 4 unspecified atom stereocenters. The third-order valence-corrected chi connectivity index (χ3v) is 5.26. The van der Waals surface area contributed by atoms with Crippen LogP contribution in [0.4, 0.5) is 26.3 Å². The lowest BCUT2D eigenvalue weighted by molar-refractivity contribution is -0.373. The van der Waals surface area contributed by atoms with E-state index in [4.69, 9.17) is 4.74 Å². The van der Waals surface area contributed by atoms with E-state index in [1.54, 1.807) is 20.8 Å². The minimum absolute atomic E-state index is 0.0847. The van der Waals surface area contributed by atoms with Gasteiger partial charge in [0.2, 0.25) is 0 Å². The number of fused-ring (bicyclic) bond motifs is 2. The lowest BCUT2D eigenvalue weighted by atomic mass is 9.78. The Kier molecular flexibility index (Phi) is 4.90. The molecule has 2 saturated carbocycles. The third-order valence-electron chi connectivity index (χ3n) is 5.26. The zero-order valence-corrected chi connectivity index (χ0v) is 14.2. The molecule has 0 amide bonds. The van der Waals surface area contributed by atoms with Gasteiger partial charge in [0.15, 0.2) is 0 Å². The summed E-state index contributed by atoms with van der Waals surface area (Å²) < 4.78 is 82.8. The van der Waals surface area contributed by atoms with Crippen LogP contribution in [0.3, 0.4) is 0 Å². The molecule has 0 heterocycles. The molecule has 0 spiro atoms. The fourth-order valence-electron chi connectivity index (χ4n) is 3.88. The number of halogens is 6. The van der Waals surface area contributed by atoms with Crippen molar-refractivity contribution >= 4 is 5.97 Å². The van der Waals surface area contributed by atoms with Crippen LogP contribution in [0.15, 0.2) is 0 Å². The first kappa shape index (κ1) is 20.3. The number of aliphatic hydroxyl groups is 1. The van der Waals surface area contributed by atoms with Gasteiger partial charge < -0.3 is 9.84 Å². The highest BCUT2D eigenvalue weighted by Gasteiger charge is 2.71. The van der Waals surface area contributed by atoms with Crippen molar-refractivity contribution in [3.8, 4) is 0 Å². The van der Waals surface area contributed by atoms with Crippen molar-refractivity contribution in [1.29, 1.82) is 0 Å². The van der Waals surface area contributed by atoms with Crippen LogP contribution in [0, 0.1) is 23.2 Å². The summed E-state index contributed by atoms with van der Waals surface area (Å²) in [6, 6.07) is 0. The fourth-order valence-corrected chi connectivity index (χ4v) is 3.88. The smallest absolute Gasteiger partial charge is 0.426 e. The van der Waals surface area contributed by atoms with Crippen LogP contribution >= 0.6 is 0 Å². The van der Waals surface area contributed by atoms with E-state index in [2.05, 4.69) is 0 Å². The number of carbonyl (C=O) groups is 1. The van der Waals surface area contributed by atoms with Crippen molar-refractivity contribution in [2.24, 2.45) is 23.2 Å². The second kappa shape index (κ2) is 6.03. The first-order valence-corrected chi connectivity index (χ1v) is 8.13. The molecule has 2 bridgehead atoms. The lowest BCUT2D eigenvalue weighted by Crippen LogP contribution is -2.58. The van der Waals surface area contributed by atoms with Gasteiger partial charge in [0.25, 0.3) is 5.60 Å². The Balaban J connectivity index is 2.15. The van der Waals surface area contributed by atoms with Crippen LogP contribution in [0.2, 0.25) is 0 Å². The van der Waals surface area contributed by atoms with Crippen molar-refractivity contribution < 1.29 is 41.0 Å². The molecule has 2 fully saturated rings. The van der Waals surface area contributed by atoms with E-state index in [9.17, 15) is 36.2 Å². The highest BCUT2D eigenvalue weighted by Crippen LogP contribution is 2.56. The molecule has 0 aromatic carbocycles. The third kappa shape index (κ3) is 3.75. The molecule has 0 aromatic rings. The van der Waals surface area contributed by atoms with E-state index >= 15 is 0 Å². The highest BCUT2D eigenvalue weighted by molar-refractivity contribution is 5.75. The van der Waals surface area contributed by atoms with Gasteiger partial charge >= 0.3 is 18.3 Å². The Hall–Kier alpha value is -0.990. The van der Waals surface area contributed by atoms with Gasteiger partial charge in [0.05, 0.1) is 5.41 Å². The monoisotopic (exact) mass is 376 g/mol. The second-order valence-electron chi connectivity index (χ2n) is 8.25. The van der Waals surface area contributed by atoms with Crippen LogP contribution in [-0.4, -0.2) is 35.1 Å². The Morgan fingerprint density at radius 1 is 1.00 bits per heavy atom. The van der Waals surface area contributed by atoms with Crippen molar-refractivity contribution in [2.45, 2.75) is 70.5 Å². The standard InChI is InChI=1S/C16H22F6O3/c1-13(2,3)12(23)25-11-6-8-4-9(10(11)5-8)7-14(24,15(17,18)19)16(20,21)22/h8-11,24H,4-7H2,1-3H3. The Labute approximate surface area is 141 Å². The van der Waals surface area contributed by atoms with E-state index in [0.717, 1.165) is 0 Å². The molecule has 0 radical (unpaired) electrons. The predicted molar refractivity (Wildman–Crippen MR) is 75.3 cm³/mol. The number of rotatable bonds is 3. The van der Waals surface area contributed by atoms with Crippen molar-refractivity contribution in [2.75, 3.05) is 0 Å². The molecule has 2 aliphatic rings. The van der Waals surface area contributed by atoms with Crippen LogP contribution in [0.1, 0.15) is 46.5 Å². The van der Waals surface area contributed by atoms with Crippen LogP contribution in [-0.2, 0) is 9.53 Å². The lowest BCUT2D eigenvalue weighted by Gasteiger charge is -2.38. The molecule has 25 heavy (non-hydrogen) atoms. The van der Waals surface area contributed by atoms with Gasteiger partial charge in [-0.2, -0.15) is 26.3 Å². The maximum atomic E-state index is 12.9. The van der Waals surface area contributed by atoms with Crippen molar-refractivity contribution in [1.82, 2.24) is 0 Å². The first-order valence-electron chi connectivity index (χ1n) is 8.13. The summed E-state index contributed by atoms with van der Waals surface area (Å²) in [5, 5.41) is 9.41. The molecule has 4 atom stereocenters. The van der Waals surface area contributed by atoms with Crippen molar-refractivity contribution in [3.05, 3.63) is 0 Å². The topological polar surface area (TPSA) is 46.5 Å². The molecule has 9 heteroatoms. The average molecular weight is 376 g/mol. The second-order valence-corrected chi connectivity index (χ2v) is 8.25. The summed E-state index contributed by atoms with van der Waals surface area (Å²) in [5.74, 6) is -2.21. The molecular weight excluding hydrogens is 354 g/mol. The number of hydrogen-bond acceptors (Lipinski definition) is 3. The fraction of sp³-hybridized carbons (Fsp3) is 0.938. The summed E-state index contributed by atoms with van der Waals surface area (Å²) in [6.45, 7) is 4.85. The number of hydrogen-bond donors (Lipinski definition) is 1. The van der Waals surface area contributed by atoms with E-state index in [1.165, 1.54) is 0 Å². The largest absolute Gasteiger partial charge is 0.462 e. The zero-order chi connectivity index (χ0) is 19.4. The van der Waals surface area contributed by atoms with Gasteiger partial charge in [0.1, 0.15) is 6.10 Å². The zero-order valence-electron chi connectivity index (χ0n) is 14.2. The molecule has 1 N–H and O–H groups in total. The normalized spacial score (nSPS) is 30.6. The Bertz CT molecular complexity index is 505. The molecule has 2 aliphatic carbocycles. The molecular formula is C16H22F6O3. The molecule has 3 nitrogen and oxygen atoms in total. The Morgan fingerprint density at radius 3 is 1.92 bits per heavy atom. The predicted octanol–water partition coefficient (Wildman–Crippen LogP) is 4.24. The number of ether oxygens (including phenoxy) is 1. The highest BCUT2D eigenvalue weighted by atomic mass is 19.4. The molecule has 0 saturated heterocycles. The SMILES string of the molecule is CC(C)(C)C(=O)OC1CC2CC(CC(O)(C(F)(F)F)C(F)(F)F)C1C2. The van der Waals surface area contributed by atoms with Gasteiger partial charge in [-0.15, -0.1) is 0 Å². The van der Waals surface area contributed by atoms with Crippen LogP contribution in [0.25, 0.3) is 0 Å². The van der Waals surface area contributed by atoms with Gasteiger partial charge in [-0.3, -0.25) is 4.79 Å². The van der Waals surface area contributed by atoms with Gasteiger partial charge in [0, 0.05) is 0 Å². The number of alkyl halides is 6. The first-order chi connectivity index (χ1) is 11.1. The molecule has 0 aliphatic heterocycles. The maximum absolute atomic E-state index is 12.9. The number of esters is 1. The summed E-state index contributed by atoms with van der Waals surface area (Å²) >= 11 is 0. The summed E-state index contributed by atoms with van der Waals surface area (Å²) in [4.78, 5) is 12.0. The number of carbonyl (C=O) groups excluding carboxylic acids is 1. The van der Waals surface area contributed by atoms with E-state index < -0.39 is 53.7 Å². The maximum Gasteiger partial charge on any atom is 0.426 e. The van der Waals surface area contributed by atoms with Crippen LogP contribution in [0.5, 0.6) is 0 Å². The summed E-state index contributed by atoms with van der Waals surface area (Å²) in [6.07, 6.45) is -12.7. The summed E-state index contributed by atoms with van der Waals surface area (Å²) in [5.41, 5.74) is -5.55. The van der Waals surface area contributed by atoms with E-state index in [0.29, 0.717) is 12.8 Å². The molecule has 2 rings (SSSR count).